The molecular formula is C21H26N2O3. The maximum Gasteiger partial charge on any atom is 0.310 e. The van der Waals surface area contributed by atoms with E-state index < -0.39 is 0 Å². The van der Waals surface area contributed by atoms with Crippen molar-refractivity contribution in [2.75, 3.05) is 26.8 Å². The average Bonchev–Trinajstić information content (AvgIpc) is 3.07. The van der Waals surface area contributed by atoms with Crippen molar-refractivity contribution in [3.8, 4) is 0 Å². The van der Waals surface area contributed by atoms with Crippen LogP contribution in [0.25, 0.3) is 10.9 Å². The molecule has 2 N–H and O–H groups in total. The van der Waals surface area contributed by atoms with Crippen molar-refractivity contribution < 1.29 is 14.6 Å². The lowest BCUT2D eigenvalue weighted by atomic mass is 9.75. The number of carbonyl (C=O) groups is 1. The molecule has 26 heavy (non-hydrogen) atoms. The van der Waals surface area contributed by atoms with E-state index in [9.17, 15) is 9.90 Å². The van der Waals surface area contributed by atoms with Crippen molar-refractivity contribution in [2.24, 2.45) is 11.8 Å². The number of nitrogens with one attached hydrogen (secondary N) is 1. The summed E-state index contributed by atoms with van der Waals surface area (Å²) in [5.74, 6) is -0.389. The molecule has 0 radical (unpaired) electrons. The third kappa shape index (κ3) is 2.66. The van der Waals surface area contributed by atoms with Gasteiger partial charge >= 0.3 is 5.97 Å². The third-order valence-electron chi connectivity index (χ3n) is 6.20. The summed E-state index contributed by atoms with van der Waals surface area (Å²) < 4.78 is 5.07. The second kappa shape index (κ2) is 6.89. The molecule has 0 bridgehead atoms. The Morgan fingerprint density at radius 2 is 2.19 bits per heavy atom. The van der Waals surface area contributed by atoms with Crippen LogP contribution in [0.15, 0.2) is 35.9 Å². The monoisotopic (exact) mass is 354 g/mol. The third-order valence-corrected chi connectivity index (χ3v) is 6.20. The predicted molar refractivity (Wildman–Crippen MR) is 101 cm³/mol. The first-order valence-corrected chi connectivity index (χ1v) is 9.35. The van der Waals surface area contributed by atoms with E-state index in [1.165, 1.54) is 29.3 Å². The number of hydrogen-bond acceptors (Lipinski definition) is 4. The molecule has 0 aliphatic carbocycles. The van der Waals surface area contributed by atoms with Gasteiger partial charge in [-0.25, -0.2) is 0 Å². The van der Waals surface area contributed by atoms with E-state index in [-0.39, 0.29) is 30.5 Å². The number of nitrogens with zero attached hydrogens (tertiary/aromatic N) is 1. The molecule has 4 rings (SSSR count). The fourth-order valence-corrected chi connectivity index (χ4v) is 4.86. The zero-order valence-corrected chi connectivity index (χ0v) is 15.4. The fourth-order valence-electron chi connectivity index (χ4n) is 4.86. The number of aromatic nitrogens is 1. The minimum absolute atomic E-state index is 0.0102. The van der Waals surface area contributed by atoms with Crippen LogP contribution in [0.5, 0.6) is 0 Å². The van der Waals surface area contributed by atoms with Crippen molar-refractivity contribution >= 4 is 16.9 Å². The largest absolute Gasteiger partial charge is 0.469 e. The first-order valence-electron chi connectivity index (χ1n) is 9.35. The second-order valence-electron chi connectivity index (χ2n) is 7.32. The van der Waals surface area contributed by atoms with Crippen LogP contribution in [-0.4, -0.2) is 47.8 Å². The number of benzene rings is 1. The van der Waals surface area contributed by atoms with Crippen molar-refractivity contribution in [1.29, 1.82) is 0 Å². The summed E-state index contributed by atoms with van der Waals surface area (Å²) >= 11 is 0. The zero-order chi connectivity index (χ0) is 18.3. The number of methoxy groups -OCH3 is 1. The molecule has 1 unspecified atom stereocenters. The van der Waals surface area contributed by atoms with E-state index >= 15 is 0 Å². The molecule has 1 aromatic heterocycles. The molecule has 3 atom stereocenters. The van der Waals surface area contributed by atoms with Crippen molar-refractivity contribution in [3.63, 3.8) is 0 Å². The molecule has 3 heterocycles. The van der Waals surface area contributed by atoms with E-state index in [0.717, 1.165) is 25.0 Å². The lowest BCUT2D eigenvalue weighted by Crippen LogP contribution is -2.49. The molecule has 1 aromatic carbocycles. The van der Waals surface area contributed by atoms with Gasteiger partial charge < -0.3 is 14.8 Å². The standard InChI is InChI=1S/C21H26N2O3/c1-3-13(12-24)16-10-19-20-15(14-6-4-5-7-18(14)22-20)8-9-23(19)11-17(16)21(25)26-2/h3-7,16-17,19,22,24H,8-12H2,1-2H3/b13-3+/t16-,17?,19-/m0/s1. The number of rotatable bonds is 3. The highest BCUT2D eigenvalue weighted by Crippen LogP contribution is 2.45. The second-order valence-corrected chi connectivity index (χ2v) is 7.32. The molecule has 0 spiro atoms. The van der Waals surface area contributed by atoms with Crippen LogP contribution >= 0.6 is 0 Å². The highest BCUT2D eigenvalue weighted by molar-refractivity contribution is 5.85. The van der Waals surface area contributed by atoms with Crippen LogP contribution in [-0.2, 0) is 16.0 Å². The van der Waals surface area contributed by atoms with Gasteiger partial charge in [-0.1, -0.05) is 24.3 Å². The Hall–Kier alpha value is -2.11. The molecule has 0 amide bonds. The summed E-state index contributed by atoms with van der Waals surface area (Å²) in [5.41, 5.74) is 4.80. The number of ether oxygens (including phenoxy) is 1. The number of esters is 1. The number of piperidine rings is 1. The molecule has 5 heteroatoms. The minimum Gasteiger partial charge on any atom is -0.469 e. The average molecular weight is 354 g/mol. The molecule has 138 valence electrons. The summed E-state index contributed by atoms with van der Waals surface area (Å²) in [6.07, 6.45) is 3.76. The molecule has 5 nitrogen and oxygen atoms in total. The summed E-state index contributed by atoms with van der Waals surface area (Å²) in [7, 11) is 1.45. The van der Waals surface area contributed by atoms with Gasteiger partial charge in [-0.3, -0.25) is 9.69 Å². The Balaban J connectivity index is 1.74. The summed E-state index contributed by atoms with van der Waals surface area (Å²) in [4.78, 5) is 18.4. The van der Waals surface area contributed by atoms with Gasteiger partial charge in [0.05, 0.1) is 25.7 Å². The van der Waals surface area contributed by atoms with Crippen molar-refractivity contribution in [3.05, 3.63) is 47.2 Å². The van der Waals surface area contributed by atoms with E-state index in [1.807, 2.05) is 13.0 Å². The van der Waals surface area contributed by atoms with Gasteiger partial charge in [-0.2, -0.15) is 0 Å². The topological polar surface area (TPSA) is 65.6 Å². The summed E-state index contributed by atoms with van der Waals surface area (Å²) in [5, 5.41) is 11.1. The van der Waals surface area contributed by atoms with Crippen molar-refractivity contribution in [1.82, 2.24) is 9.88 Å². The Morgan fingerprint density at radius 3 is 2.92 bits per heavy atom. The SMILES string of the molecule is C/C=C(\CO)[C@@H]1C[C@H]2c3[nH]c4ccccc4c3CCN2CC1C(=O)OC. The van der Waals surface area contributed by atoms with Gasteiger partial charge in [0.25, 0.3) is 0 Å². The van der Waals surface area contributed by atoms with Crippen LogP contribution in [0.1, 0.15) is 30.6 Å². The van der Waals surface area contributed by atoms with Gasteiger partial charge in [0.1, 0.15) is 0 Å². The van der Waals surface area contributed by atoms with Crippen LogP contribution in [0.4, 0.5) is 0 Å². The van der Waals surface area contributed by atoms with Gasteiger partial charge in [-0.05, 0) is 42.9 Å². The molecule has 0 saturated carbocycles. The van der Waals surface area contributed by atoms with Crippen molar-refractivity contribution in [2.45, 2.75) is 25.8 Å². The number of carbonyl (C=O) groups excluding carboxylic acids is 1. The van der Waals surface area contributed by atoms with E-state index in [2.05, 4.69) is 34.1 Å². The van der Waals surface area contributed by atoms with E-state index in [4.69, 9.17) is 4.74 Å². The number of allylic oxidation sites excluding steroid dienone is 1. The Bertz CT molecular complexity index is 854. The van der Waals surface area contributed by atoms with Gasteiger partial charge in [0.15, 0.2) is 0 Å². The smallest absolute Gasteiger partial charge is 0.310 e. The highest BCUT2D eigenvalue weighted by Gasteiger charge is 2.44. The first kappa shape index (κ1) is 17.3. The normalized spacial score (nSPS) is 26.4. The summed E-state index contributed by atoms with van der Waals surface area (Å²) in [6.45, 7) is 3.54. The Kier molecular flexibility index (Phi) is 4.59. The maximum atomic E-state index is 12.4. The zero-order valence-electron chi connectivity index (χ0n) is 15.4. The number of H-pyrrole nitrogens is 1. The summed E-state index contributed by atoms with van der Waals surface area (Å²) in [6, 6.07) is 8.70. The number of aliphatic hydroxyl groups excluding tert-OH is 1. The number of hydrogen-bond donors (Lipinski definition) is 2. The van der Waals surface area contributed by atoms with Gasteiger partial charge in [0, 0.05) is 29.7 Å². The molecular weight excluding hydrogens is 328 g/mol. The maximum absolute atomic E-state index is 12.4. The Labute approximate surface area is 153 Å². The fraction of sp³-hybridized carbons (Fsp3) is 0.476. The van der Waals surface area contributed by atoms with Crippen LogP contribution < -0.4 is 0 Å². The molecule has 2 aliphatic heterocycles. The number of para-hydroxylation sites is 1. The van der Waals surface area contributed by atoms with E-state index in [0.29, 0.717) is 6.54 Å². The lowest BCUT2D eigenvalue weighted by Gasteiger charge is -2.45. The van der Waals surface area contributed by atoms with Crippen LogP contribution in [0.2, 0.25) is 0 Å². The van der Waals surface area contributed by atoms with Crippen LogP contribution in [0.3, 0.4) is 0 Å². The highest BCUT2D eigenvalue weighted by atomic mass is 16.5. The van der Waals surface area contributed by atoms with Gasteiger partial charge in [0.2, 0.25) is 0 Å². The quantitative estimate of drug-likeness (QED) is 0.657. The number of aliphatic hydroxyl groups is 1. The van der Waals surface area contributed by atoms with Gasteiger partial charge in [-0.15, -0.1) is 0 Å². The molecule has 2 aliphatic rings. The molecule has 1 saturated heterocycles. The lowest BCUT2D eigenvalue weighted by molar-refractivity contribution is -0.150. The van der Waals surface area contributed by atoms with Crippen LogP contribution in [0, 0.1) is 11.8 Å². The number of fused-ring (bicyclic) bond motifs is 5. The predicted octanol–water partition coefficient (Wildman–Crippen LogP) is 2.81. The Morgan fingerprint density at radius 1 is 1.38 bits per heavy atom. The molecule has 1 fully saturated rings. The number of aromatic amines is 1. The first-order chi connectivity index (χ1) is 12.7. The van der Waals surface area contributed by atoms with E-state index in [1.54, 1.807) is 0 Å². The molecule has 2 aromatic rings. The minimum atomic E-state index is -0.222.